The number of carbonyl (C=O) groups excluding carboxylic acids is 1. The maximum atomic E-state index is 12.5. The first kappa shape index (κ1) is 26.0. The summed E-state index contributed by atoms with van der Waals surface area (Å²) in [5.74, 6) is 1.70. The lowest BCUT2D eigenvalue weighted by Gasteiger charge is -2.17. The average molecular weight is 479 g/mol. The van der Waals surface area contributed by atoms with E-state index in [-0.39, 0.29) is 18.4 Å². The standard InChI is InChI=1S/C27H34N4O4/c1-18(29-17-23(32)21-11-12-26(28)30-15-21)13-19-7-9-20(10-8-19)14-27(33)31-16-22-24(34-2)5-4-6-25(22)35-3/h4-12,15,18,23,29,32H,13-14,16-17H2,1-3H3,(H2,28,30)(H,31,33). The summed E-state index contributed by atoms with van der Waals surface area (Å²) in [6.07, 6.45) is 2.02. The Hall–Kier alpha value is -3.62. The summed E-state index contributed by atoms with van der Waals surface area (Å²) in [6, 6.07) is 17.2. The molecule has 3 rings (SSSR count). The average Bonchev–Trinajstić information content (AvgIpc) is 2.87. The van der Waals surface area contributed by atoms with Crippen molar-refractivity contribution in [3.05, 3.63) is 83.0 Å². The molecular weight excluding hydrogens is 444 g/mol. The van der Waals surface area contributed by atoms with E-state index in [1.165, 1.54) is 0 Å². The van der Waals surface area contributed by atoms with Gasteiger partial charge in [-0.25, -0.2) is 4.98 Å². The van der Waals surface area contributed by atoms with E-state index in [2.05, 4.69) is 22.5 Å². The summed E-state index contributed by atoms with van der Waals surface area (Å²) < 4.78 is 10.8. The van der Waals surface area contributed by atoms with Gasteiger partial charge in [0.1, 0.15) is 17.3 Å². The predicted molar refractivity (Wildman–Crippen MR) is 136 cm³/mol. The predicted octanol–water partition coefficient (Wildman–Crippen LogP) is 2.79. The molecule has 0 aliphatic rings. The second-order valence-electron chi connectivity index (χ2n) is 8.46. The Labute approximate surface area is 206 Å². The number of aliphatic hydroxyl groups excluding tert-OH is 1. The van der Waals surface area contributed by atoms with Gasteiger partial charge in [-0.2, -0.15) is 0 Å². The van der Waals surface area contributed by atoms with E-state index in [0.717, 1.165) is 28.7 Å². The van der Waals surface area contributed by atoms with Crippen LogP contribution in [0.1, 0.15) is 35.3 Å². The van der Waals surface area contributed by atoms with E-state index in [4.69, 9.17) is 15.2 Å². The minimum atomic E-state index is -0.651. The number of methoxy groups -OCH3 is 2. The summed E-state index contributed by atoms with van der Waals surface area (Å²) in [5.41, 5.74) is 9.21. The Morgan fingerprint density at radius 2 is 1.69 bits per heavy atom. The van der Waals surface area contributed by atoms with Crippen molar-refractivity contribution >= 4 is 11.7 Å². The van der Waals surface area contributed by atoms with Gasteiger partial charge >= 0.3 is 0 Å². The molecule has 5 N–H and O–H groups in total. The number of ether oxygens (including phenoxy) is 2. The Bertz CT molecular complexity index is 1070. The number of carbonyl (C=O) groups is 1. The third-order valence-electron chi connectivity index (χ3n) is 5.78. The lowest BCUT2D eigenvalue weighted by Crippen LogP contribution is -2.32. The van der Waals surface area contributed by atoms with Gasteiger partial charge in [0.25, 0.3) is 0 Å². The smallest absolute Gasteiger partial charge is 0.224 e. The summed E-state index contributed by atoms with van der Waals surface area (Å²) in [5, 5.41) is 16.6. The van der Waals surface area contributed by atoms with Crippen molar-refractivity contribution in [2.45, 2.75) is 38.5 Å². The van der Waals surface area contributed by atoms with Crippen LogP contribution in [0.2, 0.25) is 0 Å². The van der Waals surface area contributed by atoms with Gasteiger partial charge in [0.05, 0.1) is 38.9 Å². The SMILES string of the molecule is COc1cccc(OC)c1CNC(=O)Cc1ccc(CC(C)NCC(O)c2ccc(N)nc2)cc1. The second kappa shape index (κ2) is 12.7. The van der Waals surface area contributed by atoms with Crippen LogP contribution in [-0.2, 0) is 24.2 Å². The highest BCUT2D eigenvalue weighted by molar-refractivity contribution is 5.78. The van der Waals surface area contributed by atoms with Gasteiger partial charge in [0.15, 0.2) is 0 Å². The largest absolute Gasteiger partial charge is 0.496 e. The summed E-state index contributed by atoms with van der Waals surface area (Å²) in [7, 11) is 3.19. The van der Waals surface area contributed by atoms with Crippen molar-refractivity contribution in [1.29, 1.82) is 0 Å². The molecule has 3 aromatic rings. The fourth-order valence-electron chi connectivity index (χ4n) is 3.80. The maximum Gasteiger partial charge on any atom is 0.224 e. The molecule has 2 aromatic carbocycles. The van der Waals surface area contributed by atoms with Crippen molar-refractivity contribution < 1.29 is 19.4 Å². The fraction of sp³-hybridized carbons (Fsp3) is 0.333. The molecule has 0 radical (unpaired) electrons. The van der Waals surface area contributed by atoms with Gasteiger partial charge in [-0.3, -0.25) is 4.79 Å². The van der Waals surface area contributed by atoms with E-state index >= 15 is 0 Å². The fourth-order valence-corrected chi connectivity index (χ4v) is 3.80. The zero-order chi connectivity index (χ0) is 25.2. The van der Waals surface area contributed by atoms with Gasteiger partial charge in [0, 0.05) is 24.3 Å². The van der Waals surface area contributed by atoms with E-state index in [9.17, 15) is 9.90 Å². The zero-order valence-corrected chi connectivity index (χ0v) is 20.5. The molecule has 0 saturated carbocycles. The Morgan fingerprint density at radius 1 is 1.03 bits per heavy atom. The minimum absolute atomic E-state index is 0.0770. The molecule has 0 bridgehead atoms. The number of nitrogen functional groups attached to an aromatic ring is 1. The van der Waals surface area contributed by atoms with Crippen molar-refractivity contribution in [1.82, 2.24) is 15.6 Å². The first-order valence-electron chi connectivity index (χ1n) is 11.6. The third kappa shape index (κ3) is 7.70. The zero-order valence-electron chi connectivity index (χ0n) is 20.5. The summed E-state index contributed by atoms with van der Waals surface area (Å²) in [6.45, 7) is 2.81. The Balaban J connectivity index is 1.45. The molecule has 1 heterocycles. The Kier molecular flexibility index (Phi) is 9.46. The van der Waals surface area contributed by atoms with E-state index in [0.29, 0.717) is 30.4 Å². The third-order valence-corrected chi connectivity index (χ3v) is 5.78. The maximum absolute atomic E-state index is 12.5. The first-order valence-corrected chi connectivity index (χ1v) is 11.6. The molecule has 0 aliphatic heterocycles. The molecule has 0 spiro atoms. The van der Waals surface area contributed by atoms with Crippen LogP contribution in [0, 0.1) is 0 Å². The number of anilines is 1. The van der Waals surface area contributed by atoms with Crippen molar-refractivity contribution in [2.24, 2.45) is 0 Å². The molecule has 8 nitrogen and oxygen atoms in total. The molecule has 0 aliphatic carbocycles. The molecule has 8 heteroatoms. The number of aliphatic hydroxyl groups is 1. The van der Waals surface area contributed by atoms with Crippen LogP contribution in [0.5, 0.6) is 11.5 Å². The molecule has 2 atom stereocenters. The van der Waals surface area contributed by atoms with Crippen LogP contribution in [0.3, 0.4) is 0 Å². The highest BCUT2D eigenvalue weighted by Crippen LogP contribution is 2.27. The van der Waals surface area contributed by atoms with Crippen molar-refractivity contribution in [3.63, 3.8) is 0 Å². The molecule has 0 fully saturated rings. The number of nitrogens with zero attached hydrogens (tertiary/aromatic N) is 1. The number of hydrogen-bond acceptors (Lipinski definition) is 7. The number of benzene rings is 2. The molecular formula is C27H34N4O4. The second-order valence-corrected chi connectivity index (χ2v) is 8.46. The molecule has 1 amide bonds. The van der Waals surface area contributed by atoms with Crippen LogP contribution in [0.25, 0.3) is 0 Å². The van der Waals surface area contributed by atoms with Crippen LogP contribution >= 0.6 is 0 Å². The number of hydrogen-bond donors (Lipinski definition) is 4. The lowest BCUT2D eigenvalue weighted by atomic mass is 10.0. The van der Waals surface area contributed by atoms with E-state index in [1.54, 1.807) is 32.5 Å². The van der Waals surface area contributed by atoms with Gasteiger partial charge in [-0.15, -0.1) is 0 Å². The summed E-state index contributed by atoms with van der Waals surface area (Å²) in [4.78, 5) is 16.5. The van der Waals surface area contributed by atoms with Gasteiger partial charge in [-0.1, -0.05) is 36.4 Å². The molecule has 186 valence electrons. The number of rotatable bonds is 12. The number of pyridine rings is 1. The molecule has 1 aromatic heterocycles. The van der Waals surface area contributed by atoms with Crippen molar-refractivity contribution in [3.8, 4) is 11.5 Å². The molecule has 35 heavy (non-hydrogen) atoms. The minimum Gasteiger partial charge on any atom is -0.496 e. The van der Waals surface area contributed by atoms with Gasteiger partial charge < -0.3 is 30.9 Å². The van der Waals surface area contributed by atoms with Crippen LogP contribution in [0.4, 0.5) is 5.82 Å². The highest BCUT2D eigenvalue weighted by Gasteiger charge is 2.13. The van der Waals surface area contributed by atoms with Gasteiger partial charge in [0.2, 0.25) is 5.91 Å². The monoisotopic (exact) mass is 478 g/mol. The first-order chi connectivity index (χ1) is 16.9. The number of nitrogens with two attached hydrogens (primary N) is 1. The summed E-state index contributed by atoms with van der Waals surface area (Å²) >= 11 is 0. The number of nitrogens with one attached hydrogen (secondary N) is 2. The topological polar surface area (TPSA) is 119 Å². The van der Waals surface area contributed by atoms with Crippen molar-refractivity contribution in [2.75, 3.05) is 26.5 Å². The quantitative estimate of drug-likeness (QED) is 0.316. The van der Waals surface area contributed by atoms with Gasteiger partial charge in [-0.05, 0) is 42.7 Å². The van der Waals surface area contributed by atoms with Crippen LogP contribution < -0.4 is 25.8 Å². The number of amides is 1. The number of aromatic nitrogens is 1. The molecule has 0 saturated heterocycles. The molecule has 2 unspecified atom stereocenters. The van der Waals surface area contributed by atoms with Crippen LogP contribution in [0.15, 0.2) is 60.8 Å². The highest BCUT2D eigenvalue weighted by atomic mass is 16.5. The van der Waals surface area contributed by atoms with E-state index in [1.807, 2.05) is 42.5 Å². The van der Waals surface area contributed by atoms with E-state index < -0.39 is 6.10 Å². The lowest BCUT2D eigenvalue weighted by molar-refractivity contribution is -0.120. The van der Waals surface area contributed by atoms with Crippen LogP contribution in [-0.4, -0.2) is 42.8 Å². The normalized spacial score (nSPS) is 12.6. The Morgan fingerprint density at radius 3 is 2.29 bits per heavy atom.